The van der Waals surface area contributed by atoms with Crippen LogP contribution in [0.3, 0.4) is 0 Å². The molecule has 0 saturated carbocycles. The topological polar surface area (TPSA) is 52.0 Å². The Hall–Kier alpha value is -0.398. The molecule has 0 aliphatic rings. The molecule has 2 rings (SSSR count). The SMILES string of the molecule is NCc1ccccc1.NCc1ccccc1.[Cl][Pd][Cl]. The van der Waals surface area contributed by atoms with Crippen LogP contribution in [0.5, 0.6) is 0 Å². The Kier molecular flexibility index (Phi) is 13.7. The fourth-order valence-electron chi connectivity index (χ4n) is 1.23. The Morgan fingerprint density at radius 3 is 1.11 bits per heavy atom. The van der Waals surface area contributed by atoms with Crippen LogP contribution in [-0.2, 0) is 29.0 Å². The zero-order chi connectivity index (χ0) is 14.3. The Morgan fingerprint density at radius 1 is 0.684 bits per heavy atom. The van der Waals surface area contributed by atoms with E-state index in [0.29, 0.717) is 13.1 Å². The van der Waals surface area contributed by atoms with Gasteiger partial charge in [0.05, 0.1) is 0 Å². The number of hydrogen-bond donors (Lipinski definition) is 2. The van der Waals surface area contributed by atoms with Crippen molar-refractivity contribution in [3.63, 3.8) is 0 Å². The molecule has 0 saturated heterocycles. The Labute approximate surface area is 131 Å². The van der Waals surface area contributed by atoms with Crippen molar-refractivity contribution in [1.82, 2.24) is 0 Å². The van der Waals surface area contributed by atoms with E-state index in [-0.39, 0.29) is 15.9 Å². The predicted octanol–water partition coefficient (Wildman–Crippen LogP) is 3.67. The minimum absolute atomic E-state index is 0.106. The summed E-state index contributed by atoms with van der Waals surface area (Å²) in [5.74, 6) is 0. The summed E-state index contributed by atoms with van der Waals surface area (Å²) in [7, 11) is 9.63. The zero-order valence-electron chi connectivity index (χ0n) is 10.4. The second kappa shape index (κ2) is 14.0. The molecule has 2 aromatic carbocycles. The third-order valence-corrected chi connectivity index (χ3v) is 2.16. The first-order valence-corrected chi connectivity index (χ1v) is 9.59. The van der Waals surface area contributed by atoms with Gasteiger partial charge in [-0.2, -0.15) is 0 Å². The summed E-state index contributed by atoms with van der Waals surface area (Å²) in [5, 5.41) is 0. The molecule has 0 aliphatic carbocycles. The molecule has 0 heterocycles. The fourth-order valence-corrected chi connectivity index (χ4v) is 1.23. The van der Waals surface area contributed by atoms with E-state index in [1.165, 1.54) is 11.1 Å². The van der Waals surface area contributed by atoms with Crippen molar-refractivity contribution in [1.29, 1.82) is 0 Å². The zero-order valence-corrected chi connectivity index (χ0v) is 13.5. The molecule has 0 amide bonds. The molecule has 0 bridgehead atoms. The van der Waals surface area contributed by atoms with Crippen LogP contribution in [0.1, 0.15) is 11.1 Å². The van der Waals surface area contributed by atoms with Crippen LogP contribution in [0.2, 0.25) is 0 Å². The van der Waals surface area contributed by atoms with Gasteiger partial charge in [0.2, 0.25) is 0 Å². The van der Waals surface area contributed by atoms with Gasteiger partial charge in [0.25, 0.3) is 0 Å². The number of halogens is 2. The van der Waals surface area contributed by atoms with E-state index in [9.17, 15) is 0 Å². The van der Waals surface area contributed by atoms with Gasteiger partial charge in [0.15, 0.2) is 0 Å². The predicted molar refractivity (Wildman–Crippen MR) is 80.4 cm³/mol. The Balaban J connectivity index is 0.000000284. The van der Waals surface area contributed by atoms with Crippen LogP contribution in [0, 0.1) is 0 Å². The third kappa shape index (κ3) is 11.2. The van der Waals surface area contributed by atoms with Crippen LogP contribution >= 0.6 is 19.1 Å². The molecular weight excluding hydrogens is 373 g/mol. The molecule has 0 fully saturated rings. The van der Waals surface area contributed by atoms with E-state index in [0.717, 1.165) is 0 Å². The van der Waals surface area contributed by atoms with Crippen LogP contribution in [0.25, 0.3) is 0 Å². The summed E-state index contributed by atoms with van der Waals surface area (Å²) >= 11 is -0.106. The summed E-state index contributed by atoms with van der Waals surface area (Å²) in [4.78, 5) is 0. The first-order valence-electron chi connectivity index (χ1n) is 5.58. The summed E-state index contributed by atoms with van der Waals surface area (Å²) in [5.41, 5.74) is 13.1. The van der Waals surface area contributed by atoms with Crippen molar-refractivity contribution >= 4 is 19.1 Å². The molecule has 4 N–H and O–H groups in total. The molecule has 0 atom stereocenters. The van der Waals surface area contributed by atoms with Crippen molar-refractivity contribution < 1.29 is 15.9 Å². The van der Waals surface area contributed by atoms with Gasteiger partial charge < -0.3 is 11.5 Å². The molecule has 5 heteroatoms. The fraction of sp³-hybridized carbons (Fsp3) is 0.143. The molecule has 2 aromatic rings. The van der Waals surface area contributed by atoms with Gasteiger partial charge in [-0.25, -0.2) is 0 Å². The molecule has 0 radical (unpaired) electrons. The molecular formula is C14H18Cl2N2Pd. The van der Waals surface area contributed by atoms with Gasteiger partial charge in [-0.05, 0) is 11.1 Å². The van der Waals surface area contributed by atoms with E-state index in [2.05, 4.69) is 0 Å². The van der Waals surface area contributed by atoms with E-state index in [4.69, 9.17) is 30.5 Å². The Morgan fingerprint density at radius 2 is 0.947 bits per heavy atom. The number of benzene rings is 2. The summed E-state index contributed by atoms with van der Waals surface area (Å²) in [6.45, 7) is 1.28. The van der Waals surface area contributed by atoms with Crippen LogP contribution in [0.4, 0.5) is 0 Å². The van der Waals surface area contributed by atoms with Crippen LogP contribution in [0.15, 0.2) is 60.7 Å². The second-order valence-corrected chi connectivity index (χ2v) is 5.78. The number of hydrogen-bond acceptors (Lipinski definition) is 2. The van der Waals surface area contributed by atoms with Crippen molar-refractivity contribution in [3.05, 3.63) is 71.8 Å². The van der Waals surface area contributed by atoms with Gasteiger partial charge in [-0.3, -0.25) is 0 Å². The monoisotopic (exact) mass is 390 g/mol. The third-order valence-electron chi connectivity index (χ3n) is 2.16. The standard InChI is InChI=1S/2C7H9N.2ClH.Pd/c2*8-6-7-4-2-1-3-5-7;;;/h2*1-5H,6,8H2;2*1H;/q;;;;+2/p-2. The van der Waals surface area contributed by atoms with Gasteiger partial charge in [-0.15, -0.1) is 0 Å². The van der Waals surface area contributed by atoms with Gasteiger partial charge in [-0.1, -0.05) is 60.7 Å². The van der Waals surface area contributed by atoms with Gasteiger partial charge >= 0.3 is 35.0 Å². The first-order chi connectivity index (χ1) is 9.28. The molecule has 0 unspecified atom stereocenters. The van der Waals surface area contributed by atoms with Crippen molar-refractivity contribution in [3.8, 4) is 0 Å². The molecule has 108 valence electrons. The average Bonchev–Trinajstić information content (AvgIpc) is 2.50. The molecule has 19 heavy (non-hydrogen) atoms. The second-order valence-electron chi connectivity index (χ2n) is 3.42. The molecule has 2 nitrogen and oxygen atoms in total. The van der Waals surface area contributed by atoms with Crippen molar-refractivity contribution in [2.24, 2.45) is 11.5 Å². The van der Waals surface area contributed by atoms with E-state index in [1.807, 2.05) is 60.7 Å². The summed E-state index contributed by atoms with van der Waals surface area (Å²) < 4.78 is 0. The Bertz CT molecular complexity index is 359. The molecule has 0 spiro atoms. The van der Waals surface area contributed by atoms with E-state index < -0.39 is 0 Å². The van der Waals surface area contributed by atoms with Gasteiger partial charge in [0, 0.05) is 13.1 Å². The van der Waals surface area contributed by atoms with Crippen LogP contribution < -0.4 is 11.5 Å². The molecule has 0 aliphatic heterocycles. The minimum atomic E-state index is -0.106. The van der Waals surface area contributed by atoms with E-state index in [1.54, 1.807) is 0 Å². The summed E-state index contributed by atoms with van der Waals surface area (Å²) in [6, 6.07) is 20.0. The van der Waals surface area contributed by atoms with Crippen molar-refractivity contribution in [2.45, 2.75) is 13.1 Å². The first kappa shape index (κ1) is 18.6. The molecule has 0 aromatic heterocycles. The summed E-state index contributed by atoms with van der Waals surface area (Å²) in [6.07, 6.45) is 0. The van der Waals surface area contributed by atoms with Crippen molar-refractivity contribution in [2.75, 3.05) is 0 Å². The maximum absolute atomic E-state index is 5.35. The number of nitrogens with two attached hydrogens (primary N) is 2. The van der Waals surface area contributed by atoms with E-state index >= 15 is 0 Å². The quantitative estimate of drug-likeness (QED) is 0.768. The normalized spacial score (nSPS) is 8.84. The average molecular weight is 392 g/mol. The van der Waals surface area contributed by atoms with Crippen LogP contribution in [-0.4, -0.2) is 0 Å². The maximum atomic E-state index is 5.35. The van der Waals surface area contributed by atoms with Gasteiger partial charge in [0.1, 0.15) is 0 Å². The number of rotatable bonds is 2.